The summed E-state index contributed by atoms with van der Waals surface area (Å²) in [5, 5.41) is 0. The van der Waals surface area contributed by atoms with E-state index in [4.69, 9.17) is 18.9 Å². The summed E-state index contributed by atoms with van der Waals surface area (Å²) < 4.78 is 24.0. The van der Waals surface area contributed by atoms with Crippen molar-refractivity contribution in [3.63, 3.8) is 0 Å². The predicted molar refractivity (Wildman–Crippen MR) is 107 cm³/mol. The Kier molecular flexibility index (Phi) is 6.96. The third kappa shape index (κ3) is 5.13. The van der Waals surface area contributed by atoms with E-state index in [0.717, 1.165) is 43.4 Å². The molecule has 27 heavy (non-hydrogen) atoms. The molecule has 2 saturated heterocycles. The fourth-order valence-corrected chi connectivity index (χ4v) is 4.13. The largest absolute Gasteiger partial charge is 0.497 e. The second-order valence-corrected chi connectivity index (χ2v) is 8.11. The first-order chi connectivity index (χ1) is 13.0. The maximum absolute atomic E-state index is 6.52. The van der Waals surface area contributed by atoms with Gasteiger partial charge in [-0.25, -0.2) is 0 Å². The molecule has 1 aromatic rings. The van der Waals surface area contributed by atoms with Crippen LogP contribution in [0.15, 0.2) is 36.9 Å². The van der Waals surface area contributed by atoms with Gasteiger partial charge < -0.3 is 18.9 Å². The van der Waals surface area contributed by atoms with E-state index >= 15 is 0 Å². The molecule has 1 aromatic carbocycles. The Morgan fingerprint density at radius 2 is 1.81 bits per heavy atom. The van der Waals surface area contributed by atoms with Gasteiger partial charge >= 0.3 is 0 Å². The Labute approximate surface area is 163 Å². The molecule has 2 heterocycles. The molecule has 0 saturated carbocycles. The van der Waals surface area contributed by atoms with Gasteiger partial charge in [0.25, 0.3) is 0 Å². The molecule has 0 N–H and O–H groups in total. The molecule has 2 aliphatic rings. The molecular formula is C23H34O4. The van der Waals surface area contributed by atoms with Crippen LogP contribution in [0.5, 0.6) is 5.75 Å². The number of ether oxygens (including phenoxy) is 4. The average molecular weight is 375 g/mol. The van der Waals surface area contributed by atoms with Gasteiger partial charge in [0.15, 0.2) is 5.79 Å². The van der Waals surface area contributed by atoms with Crippen molar-refractivity contribution in [3.05, 3.63) is 42.5 Å². The molecule has 0 unspecified atom stereocenters. The lowest BCUT2D eigenvalue weighted by atomic mass is 9.84. The molecule has 150 valence electrons. The Morgan fingerprint density at radius 3 is 2.48 bits per heavy atom. The topological polar surface area (TPSA) is 36.9 Å². The third-order valence-corrected chi connectivity index (χ3v) is 6.08. The minimum atomic E-state index is -0.418. The summed E-state index contributed by atoms with van der Waals surface area (Å²) in [5.41, 5.74) is 1.16. The standard InChI is InChI=1S/C23H34O4/c1-5-21-17(2)10-13-23(26-21)14-11-18(3)22(27-23)12-15-25-16-19-6-8-20(24-4)9-7-19/h5-9,17-18,21-22H,1,10-16H2,2-4H3/t17-,18-,21-,22+,23-/m0/s1. The maximum atomic E-state index is 6.52. The van der Waals surface area contributed by atoms with E-state index in [-0.39, 0.29) is 12.2 Å². The molecule has 1 spiro atoms. The van der Waals surface area contributed by atoms with Crippen LogP contribution in [0, 0.1) is 11.8 Å². The lowest BCUT2D eigenvalue weighted by Gasteiger charge is -2.49. The molecule has 2 fully saturated rings. The van der Waals surface area contributed by atoms with Crippen LogP contribution in [-0.2, 0) is 20.8 Å². The van der Waals surface area contributed by atoms with Crippen LogP contribution in [0.2, 0.25) is 0 Å². The monoisotopic (exact) mass is 374 g/mol. The molecule has 3 rings (SSSR count). The van der Waals surface area contributed by atoms with E-state index in [1.807, 2.05) is 30.3 Å². The van der Waals surface area contributed by atoms with Gasteiger partial charge in [0.1, 0.15) is 5.75 Å². The van der Waals surface area contributed by atoms with Crippen LogP contribution in [0.4, 0.5) is 0 Å². The summed E-state index contributed by atoms with van der Waals surface area (Å²) >= 11 is 0. The molecular weight excluding hydrogens is 340 g/mol. The van der Waals surface area contributed by atoms with Crippen molar-refractivity contribution in [2.45, 2.75) is 70.6 Å². The van der Waals surface area contributed by atoms with Crippen molar-refractivity contribution < 1.29 is 18.9 Å². The van der Waals surface area contributed by atoms with Crippen molar-refractivity contribution in [2.75, 3.05) is 13.7 Å². The number of methoxy groups -OCH3 is 1. The molecule has 0 amide bonds. The number of hydrogen-bond acceptors (Lipinski definition) is 4. The van der Waals surface area contributed by atoms with E-state index < -0.39 is 5.79 Å². The summed E-state index contributed by atoms with van der Waals surface area (Å²) in [5.74, 6) is 1.50. The normalized spacial score (nSPS) is 33.7. The van der Waals surface area contributed by atoms with Crippen LogP contribution in [0.3, 0.4) is 0 Å². The zero-order valence-corrected chi connectivity index (χ0v) is 17.0. The van der Waals surface area contributed by atoms with E-state index in [2.05, 4.69) is 20.4 Å². The fraction of sp³-hybridized carbons (Fsp3) is 0.652. The molecule has 4 heteroatoms. The SMILES string of the molecule is C=C[C@@H]1O[C@]2(CC[C@@H]1C)CC[C@H](C)[C@@H](CCOCc1ccc(OC)cc1)O2. The second-order valence-electron chi connectivity index (χ2n) is 8.11. The maximum Gasteiger partial charge on any atom is 0.169 e. The van der Waals surface area contributed by atoms with Gasteiger partial charge in [-0.2, -0.15) is 0 Å². The number of benzene rings is 1. The van der Waals surface area contributed by atoms with Gasteiger partial charge in [-0.1, -0.05) is 32.1 Å². The fourth-order valence-electron chi connectivity index (χ4n) is 4.13. The Balaban J connectivity index is 1.47. The van der Waals surface area contributed by atoms with Gasteiger partial charge in [0.2, 0.25) is 0 Å². The summed E-state index contributed by atoms with van der Waals surface area (Å²) in [6.45, 7) is 9.75. The molecule has 0 aromatic heterocycles. The molecule has 0 radical (unpaired) electrons. The summed E-state index contributed by atoms with van der Waals surface area (Å²) in [7, 11) is 1.68. The van der Waals surface area contributed by atoms with Crippen molar-refractivity contribution >= 4 is 0 Å². The lowest BCUT2D eigenvalue weighted by molar-refractivity contribution is -0.325. The second kappa shape index (κ2) is 9.22. The lowest BCUT2D eigenvalue weighted by Crippen LogP contribution is -2.51. The van der Waals surface area contributed by atoms with Crippen LogP contribution in [-0.4, -0.2) is 31.7 Å². The molecule has 2 aliphatic heterocycles. The van der Waals surface area contributed by atoms with Crippen LogP contribution < -0.4 is 4.74 Å². The zero-order valence-electron chi connectivity index (χ0n) is 17.0. The van der Waals surface area contributed by atoms with Crippen molar-refractivity contribution in [1.82, 2.24) is 0 Å². The van der Waals surface area contributed by atoms with Crippen molar-refractivity contribution in [3.8, 4) is 5.75 Å². The first-order valence-corrected chi connectivity index (χ1v) is 10.2. The van der Waals surface area contributed by atoms with E-state index in [0.29, 0.717) is 25.0 Å². The van der Waals surface area contributed by atoms with Gasteiger partial charge in [0, 0.05) is 19.4 Å². The molecule has 0 bridgehead atoms. The third-order valence-electron chi connectivity index (χ3n) is 6.08. The Morgan fingerprint density at radius 1 is 1.11 bits per heavy atom. The van der Waals surface area contributed by atoms with Gasteiger partial charge in [-0.15, -0.1) is 6.58 Å². The Bertz CT molecular complexity index is 595. The molecule has 5 atom stereocenters. The summed E-state index contributed by atoms with van der Waals surface area (Å²) in [6.07, 6.45) is 7.35. The highest BCUT2D eigenvalue weighted by Gasteiger charge is 2.45. The van der Waals surface area contributed by atoms with E-state index in [1.165, 1.54) is 0 Å². The minimum Gasteiger partial charge on any atom is -0.497 e. The first kappa shape index (κ1) is 20.4. The quantitative estimate of drug-likeness (QED) is 0.491. The van der Waals surface area contributed by atoms with E-state index in [1.54, 1.807) is 7.11 Å². The van der Waals surface area contributed by atoms with Gasteiger partial charge in [-0.3, -0.25) is 0 Å². The Hall–Kier alpha value is -1.36. The highest BCUT2D eigenvalue weighted by atomic mass is 16.7. The first-order valence-electron chi connectivity index (χ1n) is 10.2. The predicted octanol–water partition coefficient (Wildman–Crippen LogP) is 5.11. The highest BCUT2D eigenvalue weighted by Crippen LogP contribution is 2.43. The zero-order chi connectivity index (χ0) is 19.3. The number of hydrogen-bond donors (Lipinski definition) is 0. The molecule has 0 aliphatic carbocycles. The summed E-state index contributed by atoms with van der Waals surface area (Å²) in [6, 6.07) is 8.01. The molecule has 4 nitrogen and oxygen atoms in total. The van der Waals surface area contributed by atoms with Crippen LogP contribution >= 0.6 is 0 Å². The van der Waals surface area contributed by atoms with Crippen molar-refractivity contribution in [1.29, 1.82) is 0 Å². The van der Waals surface area contributed by atoms with Crippen LogP contribution in [0.25, 0.3) is 0 Å². The summed E-state index contributed by atoms with van der Waals surface area (Å²) in [4.78, 5) is 0. The number of rotatable bonds is 7. The van der Waals surface area contributed by atoms with Crippen LogP contribution in [0.1, 0.15) is 51.5 Å². The van der Waals surface area contributed by atoms with E-state index in [9.17, 15) is 0 Å². The average Bonchev–Trinajstić information content (AvgIpc) is 2.70. The smallest absolute Gasteiger partial charge is 0.169 e. The minimum absolute atomic E-state index is 0.0964. The van der Waals surface area contributed by atoms with Gasteiger partial charge in [-0.05, 0) is 48.8 Å². The van der Waals surface area contributed by atoms with Gasteiger partial charge in [0.05, 0.1) is 25.9 Å². The highest BCUT2D eigenvalue weighted by molar-refractivity contribution is 5.26. The van der Waals surface area contributed by atoms with Crippen molar-refractivity contribution in [2.24, 2.45) is 11.8 Å².